The van der Waals surface area contributed by atoms with Gasteiger partial charge in [0.05, 0.1) is 4.90 Å². The molecule has 1 fully saturated rings. The summed E-state index contributed by atoms with van der Waals surface area (Å²) in [4.78, 5) is 15.0. The summed E-state index contributed by atoms with van der Waals surface area (Å²) >= 11 is 0. The van der Waals surface area contributed by atoms with Crippen molar-refractivity contribution in [3.8, 4) is 0 Å². The number of likely N-dealkylation sites (tertiary alicyclic amines) is 1. The largest absolute Gasteiger partial charge is 0.338 e. The zero-order chi connectivity index (χ0) is 18.2. The molecule has 0 aromatic heterocycles. The Balaban J connectivity index is 2.45. The predicted octanol–water partition coefficient (Wildman–Crippen LogP) is 2.67. The number of hydrogen-bond acceptors (Lipinski definition) is 3. The number of aryl methyl sites for hydroxylation is 1. The van der Waals surface area contributed by atoms with Crippen LogP contribution in [0, 0.1) is 25.7 Å². The van der Waals surface area contributed by atoms with Crippen LogP contribution in [0.2, 0.25) is 0 Å². The summed E-state index contributed by atoms with van der Waals surface area (Å²) in [6, 6.07) is 3.33. The third kappa shape index (κ3) is 3.64. The molecule has 1 heterocycles. The van der Waals surface area contributed by atoms with Crippen LogP contribution in [-0.2, 0) is 10.0 Å². The highest BCUT2D eigenvalue weighted by Crippen LogP contribution is 2.26. The standard InChI is InChI=1S/C18H28N2O3S/c1-12-7-13(2)11-20(10-12)18(21)16-8-14(3)15(4)17(9-16)24(22,23)19(5)6/h8-9,12-13H,7,10-11H2,1-6H3/t12-,13-/m0/s1. The molecule has 0 unspecified atom stereocenters. The molecule has 2 rings (SSSR count). The number of sulfonamides is 1. The highest BCUT2D eigenvalue weighted by Gasteiger charge is 2.28. The van der Waals surface area contributed by atoms with Gasteiger partial charge in [-0.1, -0.05) is 13.8 Å². The second-order valence-electron chi connectivity index (χ2n) is 7.36. The number of carbonyl (C=O) groups excluding carboxylic acids is 1. The summed E-state index contributed by atoms with van der Waals surface area (Å²) in [5, 5.41) is 0. The second-order valence-corrected chi connectivity index (χ2v) is 9.48. The lowest BCUT2D eigenvalue weighted by molar-refractivity contribution is 0.0623. The van der Waals surface area contributed by atoms with Crippen LogP contribution in [0.25, 0.3) is 0 Å². The van der Waals surface area contributed by atoms with Gasteiger partial charge in [-0.05, 0) is 55.4 Å². The molecular weight excluding hydrogens is 324 g/mol. The fraction of sp³-hybridized carbons (Fsp3) is 0.611. The summed E-state index contributed by atoms with van der Waals surface area (Å²) < 4.78 is 26.3. The van der Waals surface area contributed by atoms with Crippen LogP contribution in [0.3, 0.4) is 0 Å². The first-order chi connectivity index (χ1) is 11.0. The minimum Gasteiger partial charge on any atom is -0.338 e. The van der Waals surface area contributed by atoms with Gasteiger partial charge in [-0.3, -0.25) is 4.79 Å². The van der Waals surface area contributed by atoms with Crippen molar-refractivity contribution in [3.63, 3.8) is 0 Å². The van der Waals surface area contributed by atoms with E-state index in [9.17, 15) is 13.2 Å². The smallest absolute Gasteiger partial charge is 0.253 e. The molecule has 1 amide bonds. The lowest BCUT2D eigenvalue weighted by Gasteiger charge is -2.35. The molecule has 6 heteroatoms. The van der Waals surface area contributed by atoms with Crippen molar-refractivity contribution in [1.82, 2.24) is 9.21 Å². The van der Waals surface area contributed by atoms with Gasteiger partial charge >= 0.3 is 0 Å². The highest BCUT2D eigenvalue weighted by atomic mass is 32.2. The van der Waals surface area contributed by atoms with Crippen molar-refractivity contribution in [2.45, 2.75) is 39.0 Å². The molecule has 0 aliphatic carbocycles. The van der Waals surface area contributed by atoms with Crippen molar-refractivity contribution in [2.24, 2.45) is 11.8 Å². The molecule has 24 heavy (non-hydrogen) atoms. The number of hydrogen-bond donors (Lipinski definition) is 0. The average molecular weight is 353 g/mol. The molecule has 0 saturated carbocycles. The third-order valence-electron chi connectivity index (χ3n) is 4.78. The van der Waals surface area contributed by atoms with Gasteiger partial charge in [0.1, 0.15) is 0 Å². The first-order valence-corrected chi connectivity index (χ1v) is 9.81. The van der Waals surface area contributed by atoms with Gasteiger partial charge in [0.25, 0.3) is 5.91 Å². The van der Waals surface area contributed by atoms with E-state index in [1.165, 1.54) is 24.5 Å². The van der Waals surface area contributed by atoms with E-state index < -0.39 is 10.0 Å². The van der Waals surface area contributed by atoms with Gasteiger partial charge in [-0.25, -0.2) is 12.7 Å². The van der Waals surface area contributed by atoms with E-state index >= 15 is 0 Å². The molecule has 0 N–H and O–H groups in total. The monoisotopic (exact) mass is 352 g/mol. The molecule has 0 bridgehead atoms. The molecule has 134 valence electrons. The SMILES string of the molecule is Cc1cc(C(=O)N2C[C@@H](C)C[C@H](C)C2)cc(S(=O)(=O)N(C)C)c1C. The van der Waals surface area contributed by atoms with E-state index in [1.807, 2.05) is 11.8 Å². The van der Waals surface area contributed by atoms with Crippen LogP contribution in [0.15, 0.2) is 17.0 Å². The first kappa shape index (κ1) is 18.9. The average Bonchev–Trinajstić information content (AvgIpc) is 2.47. The van der Waals surface area contributed by atoms with Crippen LogP contribution in [0.5, 0.6) is 0 Å². The summed E-state index contributed by atoms with van der Waals surface area (Å²) in [6.45, 7) is 9.39. The van der Waals surface area contributed by atoms with E-state index in [1.54, 1.807) is 13.0 Å². The van der Waals surface area contributed by atoms with Crippen LogP contribution in [0.4, 0.5) is 0 Å². The van der Waals surface area contributed by atoms with Crippen LogP contribution in [0.1, 0.15) is 41.8 Å². The molecule has 1 aliphatic rings. The van der Waals surface area contributed by atoms with Crippen LogP contribution >= 0.6 is 0 Å². The summed E-state index contributed by atoms with van der Waals surface area (Å²) in [7, 11) is -0.563. The van der Waals surface area contributed by atoms with Gasteiger partial charge in [-0.2, -0.15) is 0 Å². The molecule has 0 radical (unpaired) electrons. The molecule has 1 aromatic carbocycles. The zero-order valence-electron chi connectivity index (χ0n) is 15.5. The molecule has 5 nitrogen and oxygen atoms in total. The molecule has 1 saturated heterocycles. The van der Waals surface area contributed by atoms with Crippen molar-refractivity contribution < 1.29 is 13.2 Å². The number of nitrogens with zero attached hydrogens (tertiary/aromatic N) is 2. The molecular formula is C18H28N2O3S. The van der Waals surface area contributed by atoms with Crippen molar-refractivity contribution in [1.29, 1.82) is 0 Å². The van der Waals surface area contributed by atoms with Crippen molar-refractivity contribution in [3.05, 3.63) is 28.8 Å². The van der Waals surface area contributed by atoms with Crippen molar-refractivity contribution in [2.75, 3.05) is 27.2 Å². The number of rotatable bonds is 3. The number of carbonyl (C=O) groups is 1. The molecule has 1 aromatic rings. The maximum Gasteiger partial charge on any atom is 0.253 e. The zero-order valence-corrected chi connectivity index (χ0v) is 16.3. The Labute approximate surface area is 145 Å². The molecule has 2 atom stereocenters. The first-order valence-electron chi connectivity index (χ1n) is 8.37. The second kappa shape index (κ2) is 6.84. The van der Waals surface area contributed by atoms with Gasteiger partial charge in [0.15, 0.2) is 0 Å². The third-order valence-corrected chi connectivity index (χ3v) is 6.72. The fourth-order valence-corrected chi connectivity index (χ4v) is 4.64. The summed E-state index contributed by atoms with van der Waals surface area (Å²) in [5.74, 6) is 0.857. The van der Waals surface area contributed by atoms with Gasteiger partial charge in [0, 0.05) is 32.7 Å². The van der Waals surface area contributed by atoms with E-state index in [0.717, 1.165) is 25.1 Å². The normalized spacial score (nSPS) is 22.0. The Kier molecular flexibility index (Phi) is 5.40. The van der Waals surface area contributed by atoms with Crippen LogP contribution in [-0.4, -0.2) is 50.7 Å². The minimum atomic E-state index is -3.58. The lowest BCUT2D eigenvalue weighted by Crippen LogP contribution is -2.42. The van der Waals surface area contributed by atoms with E-state index in [2.05, 4.69) is 13.8 Å². The molecule has 1 aliphatic heterocycles. The minimum absolute atomic E-state index is 0.0771. The fourth-order valence-electron chi connectivity index (χ4n) is 3.43. The van der Waals surface area contributed by atoms with E-state index in [-0.39, 0.29) is 10.8 Å². The Morgan fingerprint density at radius 3 is 2.17 bits per heavy atom. The number of piperidine rings is 1. The topological polar surface area (TPSA) is 57.7 Å². The van der Waals surface area contributed by atoms with Crippen molar-refractivity contribution >= 4 is 15.9 Å². The van der Waals surface area contributed by atoms with E-state index in [4.69, 9.17) is 0 Å². The number of benzene rings is 1. The molecule has 0 spiro atoms. The lowest BCUT2D eigenvalue weighted by atomic mass is 9.91. The van der Waals surface area contributed by atoms with E-state index in [0.29, 0.717) is 23.0 Å². The summed E-state index contributed by atoms with van der Waals surface area (Å²) in [5.41, 5.74) is 1.97. The number of amides is 1. The van der Waals surface area contributed by atoms with Gasteiger partial charge in [0.2, 0.25) is 10.0 Å². The highest BCUT2D eigenvalue weighted by molar-refractivity contribution is 7.89. The predicted molar refractivity (Wildman–Crippen MR) is 95.6 cm³/mol. The quantitative estimate of drug-likeness (QED) is 0.840. The van der Waals surface area contributed by atoms with Gasteiger partial charge in [-0.15, -0.1) is 0 Å². The maximum atomic E-state index is 12.9. The van der Waals surface area contributed by atoms with Gasteiger partial charge < -0.3 is 4.90 Å². The Morgan fingerprint density at radius 1 is 1.12 bits per heavy atom. The Morgan fingerprint density at radius 2 is 1.67 bits per heavy atom. The Bertz CT molecular complexity index is 731. The summed E-state index contributed by atoms with van der Waals surface area (Å²) in [6.07, 6.45) is 1.12. The Hall–Kier alpha value is -1.40. The van der Waals surface area contributed by atoms with Crippen LogP contribution < -0.4 is 0 Å². The maximum absolute atomic E-state index is 12.9.